The molecular formula is C61H50N4O. The van der Waals surface area contributed by atoms with Gasteiger partial charge in [0.05, 0.1) is 33.2 Å². The predicted octanol–water partition coefficient (Wildman–Crippen LogP) is 16.5. The van der Waals surface area contributed by atoms with Crippen LogP contribution in [0.3, 0.4) is 0 Å². The van der Waals surface area contributed by atoms with Crippen LogP contribution in [0.15, 0.2) is 182 Å². The lowest BCUT2D eigenvalue weighted by Crippen LogP contribution is -2.14. The molecule has 0 amide bonds. The van der Waals surface area contributed by atoms with E-state index in [2.05, 4.69) is 129 Å². The fraction of sp³-hybridized carbons (Fsp3) is 0.131. The summed E-state index contributed by atoms with van der Waals surface area (Å²) in [6, 6.07) is 50.0. The predicted molar refractivity (Wildman–Crippen MR) is 278 cm³/mol. The molecule has 0 unspecified atom stereocenters. The molecule has 0 atom stereocenters. The Hall–Kier alpha value is -7.89. The van der Waals surface area contributed by atoms with Gasteiger partial charge in [0.25, 0.3) is 0 Å². The van der Waals surface area contributed by atoms with Crippen molar-refractivity contribution in [2.45, 2.75) is 53.6 Å². The summed E-state index contributed by atoms with van der Waals surface area (Å²) in [5, 5.41) is 7.86. The monoisotopic (exact) mass is 861 g/mol. The molecule has 0 saturated heterocycles. The minimum atomic E-state index is -2.55. The maximum absolute atomic E-state index is 9.18. The molecule has 5 nitrogen and oxygen atoms in total. The smallest absolute Gasteiger partial charge is 0.137 e. The Morgan fingerprint density at radius 1 is 0.591 bits per heavy atom. The number of benzene rings is 8. The maximum atomic E-state index is 9.18. The number of pyridine rings is 1. The van der Waals surface area contributed by atoms with Gasteiger partial charge in [-0.3, -0.25) is 4.57 Å². The van der Waals surface area contributed by atoms with Crippen LogP contribution in [0.5, 0.6) is 11.5 Å². The number of aromatic nitrogens is 3. The minimum Gasteiger partial charge on any atom is -0.457 e. The molecule has 0 radical (unpaired) electrons. The normalized spacial score (nSPS) is 14.3. The molecule has 4 heterocycles. The van der Waals surface area contributed by atoms with Crippen LogP contribution in [-0.4, -0.2) is 14.1 Å². The van der Waals surface area contributed by atoms with Crippen LogP contribution in [0.1, 0.15) is 52.6 Å². The number of anilines is 2. The van der Waals surface area contributed by atoms with Gasteiger partial charge in [-0.15, -0.1) is 0 Å². The van der Waals surface area contributed by atoms with E-state index in [1.54, 1.807) is 29.0 Å². The minimum absolute atomic E-state index is 0.0650. The highest BCUT2D eigenvalue weighted by Gasteiger charge is 2.25. The Balaban J connectivity index is 1.00. The van der Waals surface area contributed by atoms with Crippen molar-refractivity contribution in [3.05, 3.63) is 204 Å². The summed E-state index contributed by atoms with van der Waals surface area (Å²) in [4.78, 5) is 7.17. The van der Waals surface area contributed by atoms with Gasteiger partial charge < -0.3 is 14.2 Å². The summed E-state index contributed by atoms with van der Waals surface area (Å²) in [5.41, 5.74) is 9.50. The summed E-state index contributed by atoms with van der Waals surface area (Å²) in [5.74, 6) is 1.20. The Bertz CT molecular complexity index is 4200. The lowest BCUT2D eigenvalue weighted by molar-refractivity contribution is 0.483. The van der Waals surface area contributed by atoms with Crippen LogP contribution < -0.4 is 9.64 Å². The average Bonchev–Trinajstić information content (AvgIpc) is 3.94. The number of hydrogen-bond acceptors (Lipinski definition) is 3. The van der Waals surface area contributed by atoms with E-state index in [1.165, 1.54) is 38.7 Å². The molecule has 8 aromatic carbocycles. The number of nitrogens with zero attached hydrogens (tertiary/aromatic N) is 4. The molecule has 1 aliphatic heterocycles. The van der Waals surface area contributed by atoms with Crippen LogP contribution in [-0.2, 0) is 12.1 Å². The first-order chi connectivity index (χ1) is 35.0. The standard InChI is InChI=1S/C61H50N4O/c1-38-24-30-48-46-17-7-8-18-47(46)51-21-13-23-56-60(51)64(59-39(2)14-11-20-52(59)53(48)32-38)37-63(56)43-15-12-16-44(34-43)66-45-29-31-50-49-19-9-10-22-55(49)65(57(50)35-45)58-33-40(3)54(36-62-58)41-25-27-42(28-26-41)61(4,5)6/h7-36H,37H2,1-6H3/i3D3,9D,10D,19D,22D. The van der Waals surface area contributed by atoms with Crippen LogP contribution in [0, 0.1) is 20.7 Å². The van der Waals surface area contributed by atoms with Crippen molar-refractivity contribution < 1.29 is 14.3 Å². The van der Waals surface area contributed by atoms with E-state index in [1.807, 2.05) is 42.5 Å². The summed E-state index contributed by atoms with van der Waals surface area (Å²) in [6.07, 6.45) is 1.55. The van der Waals surface area contributed by atoms with Gasteiger partial charge in [0, 0.05) is 55.2 Å². The van der Waals surface area contributed by atoms with Gasteiger partial charge in [-0.1, -0.05) is 148 Å². The largest absolute Gasteiger partial charge is 0.457 e. The van der Waals surface area contributed by atoms with E-state index in [9.17, 15) is 1.37 Å². The van der Waals surface area contributed by atoms with Gasteiger partial charge in [-0.2, -0.15) is 0 Å². The van der Waals surface area contributed by atoms with Crippen molar-refractivity contribution in [3.8, 4) is 28.4 Å². The second-order valence-corrected chi connectivity index (χ2v) is 18.5. The Morgan fingerprint density at radius 3 is 2.12 bits per heavy atom. The fourth-order valence-electron chi connectivity index (χ4n) is 10.0. The van der Waals surface area contributed by atoms with Crippen LogP contribution in [0.2, 0.25) is 0 Å². The quantitative estimate of drug-likeness (QED) is 0.173. The Labute approximate surface area is 394 Å². The van der Waals surface area contributed by atoms with E-state index >= 15 is 0 Å². The summed E-state index contributed by atoms with van der Waals surface area (Å²) in [7, 11) is 0. The van der Waals surface area contributed by atoms with Gasteiger partial charge in [-0.05, 0) is 112 Å². The average molecular weight is 862 g/mol. The molecule has 0 bridgehead atoms. The molecule has 66 heavy (non-hydrogen) atoms. The van der Waals surface area contributed by atoms with Crippen molar-refractivity contribution in [1.82, 2.24) is 14.1 Å². The topological polar surface area (TPSA) is 35.2 Å². The van der Waals surface area contributed by atoms with Crippen molar-refractivity contribution in [2.75, 3.05) is 4.90 Å². The number of para-hydroxylation sites is 3. The second kappa shape index (κ2) is 15.1. The molecule has 0 aliphatic carbocycles. The molecule has 0 spiro atoms. The van der Waals surface area contributed by atoms with Gasteiger partial charge in [0.15, 0.2) is 0 Å². The highest BCUT2D eigenvalue weighted by Crippen LogP contribution is 2.44. The molecule has 11 aromatic rings. The Morgan fingerprint density at radius 2 is 1.30 bits per heavy atom. The van der Waals surface area contributed by atoms with Gasteiger partial charge in [0.2, 0.25) is 0 Å². The van der Waals surface area contributed by atoms with E-state index < -0.39 is 12.9 Å². The highest BCUT2D eigenvalue weighted by molar-refractivity contribution is 6.21. The summed E-state index contributed by atoms with van der Waals surface area (Å²) >= 11 is 0. The Kier molecular flexibility index (Phi) is 7.49. The second-order valence-electron chi connectivity index (χ2n) is 18.5. The zero-order valence-corrected chi connectivity index (χ0v) is 37.4. The van der Waals surface area contributed by atoms with E-state index in [0.717, 1.165) is 38.7 Å². The molecule has 3 aromatic heterocycles. The molecule has 320 valence electrons. The van der Waals surface area contributed by atoms with Gasteiger partial charge in [-0.25, -0.2) is 4.98 Å². The van der Waals surface area contributed by atoms with Crippen molar-refractivity contribution >= 4 is 76.5 Å². The first-order valence-electron chi connectivity index (χ1n) is 25.9. The first kappa shape index (κ1) is 32.7. The third kappa shape index (κ3) is 6.41. The van der Waals surface area contributed by atoms with Crippen molar-refractivity contribution in [1.29, 1.82) is 0 Å². The number of aryl methyl sites for hydroxylation is 3. The van der Waals surface area contributed by atoms with Crippen LogP contribution in [0.4, 0.5) is 11.4 Å². The molecular weight excluding hydrogens is 805 g/mol. The fourth-order valence-corrected chi connectivity index (χ4v) is 10.0. The van der Waals surface area contributed by atoms with Crippen molar-refractivity contribution in [2.24, 2.45) is 0 Å². The number of ether oxygens (including phenoxy) is 1. The summed E-state index contributed by atoms with van der Waals surface area (Å²) in [6.45, 7) is 8.70. The molecule has 12 rings (SSSR count). The zero-order valence-electron chi connectivity index (χ0n) is 44.4. The van der Waals surface area contributed by atoms with Gasteiger partial charge in [0.1, 0.15) is 24.0 Å². The van der Waals surface area contributed by atoms with E-state index in [4.69, 9.17) is 17.9 Å². The number of hydrogen-bond donors (Lipinski definition) is 0. The van der Waals surface area contributed by atoms with Gasteiger partial charge >= 0.3 is 0 Å². The molecule has 0 saturated carbocycles. The lowest BCUT2D eigenvalue weighted by atomic mass is 9.86. The zero-order chi connectivity index (χ0) is 50.8. The third-order valence-corrected chi connectivity index (χ3v) is 13.3. The van der Waals surface area contributed by atoms with E-state index in [0.29, 0.717) is 45.6 Å². The maximum Gasteiger partial charge on any atom is 0.137 e. The van der Waals surface area contributed by atoms with Crippen molar-refractivity contribution in [3.63, 3.8) is 0 Å². The summed E-state index contributed by atoms with van der Waals surface area (Å²) < 4.78 is 72.5. The molecule has 5 heteroatoms. The van der Waals surface area contributed by atoms with E-state index in [-0.39, 0.29) is 40.4 Å². The third-order valence-electron chi connectivity index (χ3n) is 13.3. The molecule has 1 aliphatic rings. The first-order valence-corrected chi connectivity index (χ1v) is 22.4. The number of rotatable bonds is 5. The number of fused-ring (bicyclic) bond motifs is 10. The molecule has 0 N–H and O–H groups in total. The molecule has 0 fully saturated rings. The van der Waals surface area contributed by atoms with Crippen LogP contribution >= 0.6 is 0 Å². The SMILES string of the molecule is [2H]c1c([2H])c([2H])c2c(c1[2H])c1ccc(Oc3cccc(N4Cn5c6c(C)cccc6c6cc(C)ccc6c6ccccc6c6cccc4c65)c3)cc1n2-c1cc(C([2H])([2H])[2H])c(-c2ccc(C(C)(C)C)cc2)cn1. The van der Waals surface area contributed by atoms with Crippen LogP contribution in [0.25, 0.3) is 82.1 Å². The highest BCUT2D eigenvalue weighted by atomic mass is 16.5. The lowest BCUT2D eigenvalue weighted by Gasteiger charge is -2.21.